The summed E-state index contributed by atoms with van der Waals surface area (Å²) < 4.78 is 0. The molecular formula is C9H14N2O2. The zero-order valence-corrected chi connectivity index (χ0v) is 7.75. The summed E-state index contributed by atoms with van der Waals surface area (Å²) in [4.78, 5) is 23.9. The number of hydrogen-bond donors (Lipinski definition) is 1. The largest absolute Gasteiger partial charge is 0.329 e. The number of imide groups is 1. The molecule has 1 heterocycles. The van der Waals surface area contributed by atoms with Gasteiger partial charge in [0, 0.05) is 6.04 Å². The van der Waals surface area contributed by atoms with Gasteiger partial charge < -0.3 is 5.32 Å². The first-order valence-corrected chi connectivity index (χ1v) is 4.78. The maximum atomic E-state index is 11.3. The van der Waals surface area contributed by atoms with E-state index >= 15 is 0 Å². The maximum Gasteiger partial charge on any atom is 0.324 e. The molecule has 0 radical (unpaired) electrons. The van der Waals surface area contributed by atoms with Gasteiger partial charge in [0.1, 0.15) is 0 Å². The molecule has 0 aromatic carbocycles. The summed E-state index contributed by atoms with van der Waals surface area (Å²) in [6, 6.07) is -0.152. The molecule has 1 aliphatic carbocycles. The Kier molecular flexibility index (Phi) is 1.98. The summed E-state index contributed by atoms with van der Waals surface area (Å²) in [7, 11) is 0. The minimum absolute atomic E-state index is 0.0718. The molecule has 1 unspecified atom stereocenters. The Labute approximate surface area is 77.3 Å². The van der Waals surface area contributed by atoms with Crippen molar-refractivity contribution in [3.05, 3.63) is 0 Å². The van der Waals surface area contributed by atoms with Crippen LogP contribution in [0.3, 0.4) is 0 Å². The molecule has 3 amide bonds. The number of amides is 3. The number of carbonyl (C=O) groups excluding carboxylic acids is 2. The first-order chi connectivity index (χ1) is 6.18. The van der Waals surface area contributed by atoms with Crippen LogP contribution in [-0.4, -0.2) is 29.4 Å². The lowest BCUT2D eigenvalue weighted by atomic mass is 10.1. The van der Waals surface area contributed by atoms with Crippen LogP contribution in [0.4, 0.5) is 4.79 Å². The Morgan fingerprint density at radius 3 is 2.69 bits per heavy atom. The molecule has 1 atom stereocenters. The second kappa shape index (κ2) is 3.01. The molecule has 1 aliphatic heterocycles. The Morgan fingerprint density at radius 1 is 1.54 bits per heavy atom. The minimum atomic E-state index is -0.224. The average molecular weight is 182 g/mol. The first-order valence-electron chi connectivity index (χ1n) is 4.78. The third-order valence-electron chi connectivity index (χ3n) is 2.69. The molecule has 2 fully saturated rings. The van der Waals surface area contributed by atoms with Gasteiger partial charge in [-0.05, 0) is 19.3 Å². The molecule has 0 aromatic rings. The van der Waals surface area contributed by atoms with Gasteiger partial charge in [-0.2, -0.15) is 0 Å². The van der Waals surface area contributed by atoms with E-state index in [0.29, 0.717) is 0 Å². The topological polar surface area (TPSA) is 49.4 Å². The fourth-order valence-electron chi connectivity index (χ4n) is 1.82. The van der Waals surface area contributed by atoms with Crippen LogP contribution < -0.4 is 5.32 Å². The van der Waals surface area contributed by atoms with Crippen LogP contribution in [0.5, 0.6) is 0 Å². The van der Waals surface area contributed by atoms with Crippen LogP contribution in [0.1, 0.15) is 26.2 Å². The summed E-state index contributed by atoms with van der Waals surface area (Å²) in [5.74, 6) is 0.661. The number of rotatable bonds is 3. The summed E-state index contributed by atoms with van der Waals surface area (Å²) in [5.41, 5.74) is 0. The zero-order chi connectivity index (χ0) is 9.42. The molecule has 2 aliphatic rings. The number of nitrogens with zero attached hydrogens (tertiary/aromatic N) is 1. The SMILES string of the molecule is CC(CC1CC1)N1C(=O)CNC1=O. The molecule has 4 heteroatoms. The van der Waals surface area contributed by atoms with Crippen molar-refractivity contribution in [1.82, 2.24) is 10.2 Å². The summed E-state index contributed by atoms with van der Waals surface area (Å²) in [5, 5.41) is 2.53. The minimum Gasteiger partial charge on any atom is -0.329 e. The number of carbonyl (C=O) groups is 2. The number of urea groups is 1. The van der Waals surface area contributed by atoms with Gasteiger partial charge in [0.15, 0.2) is 0 Å². The van der Waals surface area contributed by atoms with E-state index < -0.39 is 0 Å². The van der Waals surface area contributed by atoms with Crippen LogP contribution in [0.2, 0.25) is 0 Å². The molecule has 72 valence electrons. The molecular weight excluding hydrogens is 168 g/mol. The lowest BCUT2D eigenvalue weighted by molar-refractivity contribution is -0.126. The zero-order valence-electron chi connectivity index (χ0n) is 7.75. The van der Waals surface area contributed by atoms with Gasteiger partial charge in [0.05, 0.1) is 6.54 Å². The van der Waals surface area contributed by atoms with Crippen LogP contribution in [0, 0.1) is 5.92 Å². The fourth-order valence-corrected chi connectivity index (χ4v) is 1.82. The third kappa shape index (κ3) is 1.66. The van der Waals surface area contributed by atoms with E-state index in [1.165, 1.54) is 17.7 Å². The van der Waals surface area contributed by atoms with Gasteiger partial charge in [-0.1, -0.05) is 12.8 Å². The third-order valence-corrected chi connectivity index (χ3v) is 2.69. The van der Waals surface area contributed by atoms with Crippen molar-refractivity contribution in [2.75, 3.05) is 6.54 Å². The fraction of sp³-hybridized carbons (Fsp3) is 0.778. The molecule has 13 heavy (non-hydrogen) atoms. The molecule has 4 nitrogen and oxygen atoms in total. The van der Waals surface area contributed by atoms with E-state index in [1.54, 1.807) is 0 Å². The molecule has 0 aromatic heterocycles. The molecule has 1 saturated heterocycles. The summed E-state index contributed by atoms with van der Waals surface area (Å²) in [6.07, 6.45) is 3.49. The smallest absolute Gasteiger partial charge is 0.324 e. The highest BCUT2D eigenvalue weighted by molar-refractivity contribution is 6.02. The average Bonchev–Trinajstić information content (AvgIpc) is 2.79. The Morgan fingerprint density at radius 2 is 2.23 bits per heavy atom. The Hall–Kier alpha value is -1.06. The number of nitrogens with one attached hydrogen (secondary N) is 1. The van der Waals surface area contributed by atoms with Gasteiger partial charge >= 0.3 is 6.03 Å². The maximum absolute atomic E-state index is 11.3. The highest BCUT2D eigenvalue weighted by Gasteiger charge is 2.35. The van der Waals surface area contributed by atoms with Gasteiger partial charge in [-0.15, -0.1) is 0 Å². The predicted octanol–water partition coefficient (Wildman–Crippen LogP) is 0.727. The molecule has 2 rings (SSSR count). The van der Waals surface area contributed by atoms with E-state index in [9.17, 15) is 9.59 Å². The molecule has 1 saturated carbocycles. The lowest BCUT2D eigenvalue weighted by Gasteiger charge is -2.20. The van der Waals surface area contributed by atoms with Crippen LogP contribution >= 0.6 is 0 Å². The van der Waals surface area contributed by atoms with Crippen LogP contribution in [-0.2, 0) is 4.79 Å². The van der Waals surface area contributed by atoms with Crippen molar-refractivity contribution >= 4 is 11.9 Å². The van der Waals surface area contributed by atoms with Crippen molar-refractivity contribution in [3.63, 3.8) is 0 Å². The van der Waals surface area contributed by atoms with Crippen molar-refractivity contribution in [3.8, 4) is 0 Å². The van der Waals surface area contributed by atoms with E-state index in [-0.39, 0.29) is 24.5 Å². The highest BCUT2D eigenvalue weighted by Crippen LogP contribution is 2.34. The predicted molar refractivity (Wildman–Crippen MR) is 47.0 cm³/mol. The molecule has 0 bridgehead atoms. The van der Waals surface area contributed by atoms with Crippen LogP contribution in [0.25, 0.3) is 0 Å². The molecule has 1 N–H and O–H groups in total. The Bertz CT molecular complexity index is 232. The van der Waals surface area contributed by atoms with E-state index in [1.807, 2.05) is 6.92 Å². The van der Waals surface area contributed by atoms with E-state index in [4.69, 9.17) is 0 Å². The normalized spacial score (nSPS) is 24.8. The standard InChI is InChI=1S/C9H14N2O2/c1-6(4-7-2-3-7)11-8(12)5-10-9(11)13/h6-7H,2-5H2,1H3,(H,10,13). The lowest BCUT2D eigenvalue weighted by Crippen LogP contribution is -2.39. The summed E-state index contributed by atoms with van der Waals surface area (Å²) >= 11 is 0. The first kappa shape index (κ1) is 8.53. The van der Waals surface area contributed by atoms with E-state index in [0.717, 1.165) is 12.3 Å². The van der Waals surface area contributed by atoms with Crippen molar-refractivity contribution < 1.29 is 9.59 Å². The quantitative estimate of drug-likeness (QED) is 0.654. The van der Waals surface area contributed by atoms with Crippen molar-refractivity contribution in [1.29, 1.82) is 0 Å². The van der Waals surface area contributed by atoms with Gasteiger partial charge in [0.2, 0.25) is 5.91 Å². The van der Waals surface area contributed by atoms with Crippen molar-refractivity contribution in [2.24, 2.45) is 5.92 Å². The van der Waals surface area contributed by atoms with Gasteiger partial charge in [0.25, 0.3) is 0 Å². The second-order valence-corrected chi connectivity index (χ2v) is 3.95. The van der Waals surface area contributed by atoms with Crippen molar-refractivity contribution in [2.45, 2.75) is 32.2 Å². The van der Waals surface area contributed by atoms with Gasteiger partial charge in [-0.3, -0.25) is 9.69 Å². The second-order valence-electron chi connectivity index (χ2n) is 3.95. The summed E-state index contributed by atoms with van der Waals surface area (Å²) in [6.45, 7) is 2.12. The van der Waals surface area contributed by atoms with E-state index in [2.05, 4.69) is 5.32 Å². The highest BCUT2D eigenvalue weighted by atomic mass is 16.2. The van der Waals surface area contributed by atoms with Gasteiger partial charge in [-0.25, -0.2) is 4.79 Å². The number of hydrogen-bond acceptors (Lipinski definition) is 2. The Balaban J connectivity index is 1.96. The molecule has 0 spiro atoms. The monoisotopic (exact) mass is 182 g/mol. The van der Waals surface area contributed by atoms with Crippen LogP contribution in [0.15, 0.2) is 0 Å².